The third kappa shape index (κ3) is 3.83. The predicted octanol–water partition coefficient (Wildman–Crippen LogP) is 1.55. The molecule has 0 aliphatic heterocycles. The average molecular weight is 265 g/mol. The molecular formula is C10H6N2O2Se. The Labute approximate surface area is 93.2 Å². The number of rotatable bonds is 2. The average Bonchev–Trinajstić information content (AvgIpc) is 2.25. The van der Waals surface area contributed by atoms with Gasteiger partial charge in [-0.15, -0.1) is 0 Å². The molecule has 0 radical (unpaired) electrons. The van der Waals surface area contributed by atoms with Crippen LogP contribution >= 0.6 is 0 Å². The van der Waals surface area contributed by atoms with Gasteiger partial charge in [-0.2, -0.15) is 0 Å². The molecule has 0 amide bonds. The van der Waals surface area contributed by atoms with E-state index < -0.39 is 4.92 Å². The van der Waals surface area contributed by atoms with Gasteiger partial charge >= 0.3 is 92.9 Å². The summed E-state index contributed by atoms with van der Waals surface area (Å²) < 4.78 is 0. The summed E-state index contributed by atoms with van der Waals surface area (Å²) >= 11 is -0.0284. The Morgan fingerprint density at radius 3 is 3.00 bits per heavy atom. The van der Waals surface area contributed by atoms with Crippen molar-refractivity contribution in [2.45, 2.75) is 5.32 Å². The van der Waals surface area contributed by atoms with Crippen LogP contribution < -0.4 is 0 Å². The third-order valence-corrected chi connectivity index (χ3v) is 2.55. The van der Waals surface area contributed by atoms with Crippen molar-refractivity contribution in [3.8, 4) is 16.8 Å². The first kappa shape index (κ1) is 11.3. The minimum absolute atomic E-state index is 0.0284. The predicted molar refractivity (Wildman–Crippen MR) is 56.1 cm³/mol. The molecule has 1 rings (SSSR count). The standard InChI is InChI=1S/C10H6N2O2Se/c11-5-7-15-6-4-9-2-1-3-10(8-9)12(13)14/h1-3,8H,7H2. The van der Waals surface area contributed by atoms with Crippen LogP contribution in [0.5, 0.6) is 0 Å². The number of nitro benzene ring substituents is 1. The van der Waals surface area contributed by atoms with Gasteiger partial charge in [0.25, 0.3) is 0 Å². The molecule has 0 saturated heterocycles. The van der Waals surface area contributed by atoms with Crippen molar-refractivity contribution in [3.63, 3.8) is 0 Å². The molecule has 0 N–H and O–H groups in total. The maximum absolute atomic E-state index is 10.4. The minimum atomic E-state index is -0.453. The summed E-state index contributed by atoms with van der Waals surface area (Å²) in [6.07, 6.45) is 0. The molecule has 0 aromatic heterocycles. The second-order valence-corrected chi connectivity index (χ2v) is 4.12. The van der Waals surface area contributed by atoms with Crippen LogP contribution in [0.4, 0.5) is 5.69 Å². The summed E-state index contributed by atoms with van der Waals surface area (Å²) in [7, 11) is 0. The van der Waals surface area contributed by atoms with Crippen molar-refractivity contribution < 1.29 is 4.92 Å². The Morgan fingerprint density at radius 2 is 2.33 bits per heavy atom. The molecule has 0 aliphatic carbocycles. The van der Waals surface area contributed by atoms with Crippen LogP contribution in [0.1, 0.15) is 5.56 Å². The molecule has 0 heterocycles. The number of hydrogen-bond donors (Lipinski definition) is 0. The Morgan fingerprint density at radius 1 is 1.53 bits per heavy atom. The first-order chi connectivity index (χ1) is 7.24. The SMILES string of the molecule is N#CC[Se]C#Cc1cccc([N+](=O)[O-])c1. The zero-order valence-electron chi connectivity index (χ0n) is 7.64. The summed E-state index contributed by atoms with van der Waals surface area (Å²) in [5.74, 6) is 2.80. The van der Waals surface area contributed by atoms with E-state index in [9.17, 15) is 10.1 Å². The molecule has 74 valence electrons. The number of nitriles is 1. The normalized spacial score (nSPS) is 8.47. The molecule has 15 heavy (non-hydrogen) atoms. The number of nitrogens with zero attached hydrogens (tertiary/aromatic N) is 2. The molecule has 0 spiro atoms. The van der Waals surface area contributed by atoms with Gasteiger partial charge in [0.2, 0.25) is 0 Å². The van der Waals surface area contributed by atoms with E-state index in [-0.39, 0.29) is 20.6 Å². The van der Waals surface area contributed by atoms with Crippen molar-refractivity contribution in [1.29, 1.82) is 5.26 Å². The van der Waals surface area contributed by atoms with Crippen LogP contribution in [0.3, 0.4) is 0 Å². The first-order valence-electron chi connectivity index (χ1n) is 3.98. The van der Waals surface area contributed by atoms with Gasteiger partial charge in [0, 0.05) is 0 Å². The van der Waals surface area contributed by atoms with Gasteiger partial charge in [0.05, 0.1) is 0 Å². The van der Waals surface area contributed by atoms with Crippen molar-refractivity contribution >= 4 is 20.6 Å². The van der Waals surface area contributed by atoms with Gasteiger partial charge < -0.3 is 0 Å². The van der Waals surface area contributed by atoms with E-state index in [4.69, 9.17) is 5.26 Å². The molecule has 0 fully saturated rings. The summed E-state index contributed by atoms with van der Waals surface area (Å²) in [6.45, 7) is 0. The van der Waals surface area contributed by atoms with Crippen LogP contribution in [0.2, 0.25) is 5.32 Å². The van der Waals surface area contributed by atoms with Crippen molar-refractivity contribution in [2.24, 2.45) is 0 Å². The number of benzene rings is 1. The van der Waals surface area contributed by atoms with Gasteiger partial charge in [-0.05, 0) is 0 Å². The van der Waals surface area contributed by atoms with E-state index in [0.29, 0.717) is 10.9 Å². The van der Waals surface area contributed by atoms with Crippen LogP contribution in [0, 0.1) is 32.2 Å². The zero-order valence-corrected chi connectivity index (χ0v) is 9.35. The molecule has 0 bridgehead atoms. The molecule has 0 aliphatic rings. The molecular weight excluding hydrogens is 259 g/mol. The zero-order chi connectivity index (χ0) is 11.1. The van der Waals surface area contributed by atoms with Crippen LogP contribution in [-0.2, 0) is 0 Å². The monoisotopic (exact) mass is 266 g/mol. The third-order valence-electron chi connectivity index (χ3n) is 1.46. The fourth-order valence-corrected chi connectivity index (χ4v) is 1.55. The fourth-order valence-electron chi connectivity index (χ4n) is 0.861. The van der Waals surface area contributed by atoms with Gasteiger partial charge in [-0.3, -0.25) is 0 Å². The molecule has 0 saturated carbocycles. The van der Waals surface area contributed by atoms with E-state index in [1.807, 2.05) is 6.07 Å². The quantitative estimate of drug-likeness (QED) is 0.268. The Hall–Kier alpha value is -1.81. The van der Waals surface area contributed by atoms with E-state index in [0.717, 1.165) is 0 Å². The number of non-ortho nitro benzene ring substituents is 1. The number of hydrogen-bond acceptors (Lipinski definition) is 3. The Bertz CT molecular complexity index is 468. The van der Waals surface area contributed by atoms with Crippen LogP contribution in [0.15, 0.2) is 24.3 Å². The van der Waals surface area contributed by atoms with Crippen LogP contribution in [-0.4, -0.2) is 19.9 Å². The van der Waals surface area contributed by atoms with Crippen molar-refractivity contribution in [1.82, 2.24) is 0 Å². The molecule has 5 heteroatoms. The van der Waals surface area contributed by atoms with Gasteiger partial charge in [0.1, 0.15) is 0 Å². The van der Waals surface area contributed by atoms with E-state index in [1.165, 1.54) is 12.1 Å². The Kier molecular flexibility index (Phi) is 4.37. The summed E-state index contributed by atoms with van der Waals surface area (Å²) in [6, 6.07) is 8.16. The van der Waals surface area contributed by atoms with E-state index in [1.54, 1.807) is 12.1 Å². The molecule has 4 nitrogen and oxygen atoms in total. The molecule has 0 atom stereocenters. The Balaban J connectivity index is 2.77. The second kappa shape index (κ2) is 5.82. The van der Waals surface area contributed by atoms with Gasteiger partial charge in [-0.25, -0.2) is 0 Å². The molecule has 0 unspecified atom stereocenters. The first-order valence-corrected chi connectivity index (χ1v) is 6.05. The summed E-state index contributed by atoms with van der Waals surface area (Å²) in [4.78, 5) is 12.8. The van der Waals surface area contributed by atoms with Gasteiger partial charge in [-0.1, -0.05) is 0 Å². The summed E-state index contributed by atoms with van der Waals surface area (Å²) in [5, 5.41) is 19.2. The van der Waals surface area contributed by atoms with E-state index >= 15 is 0 Å². The molecule has 1 aromatic carbocycles. The van der Waals surface area contributed by atoms with Crippen molar-refractivity contribution in [2.75, 3.05) is 0 Å². The van der Waals surface area contributed by atoms with Gasteiger partial charge in [0.15, 0.2) is 0 Å². The second-order valence-electron chi connectivity index (χ2n) is 2.48. The van der Waals surface area contributed by atoms with Crippen molar-refractivity contribution in [3.05, 3.63) is 39.9 Å². The fraction of sp³-hybridized carbons (Fsp3) is 0.100. The topological polar surface area (TPSA) is 66.9 Å². The number of nitro groups is 1. The summed E-state index contributed by atoms with van der Waals surface area (Å²) in [5.41, 5.74) is 0.651. The maximum atomic E-state index is 10.4. The molecule has 1 aromatic rings. The van der Waals surface area contributed by atoms with Crippen LogP contribution in [0.25, 0.3) is 0 Å². The van der Waals surface area contributed by atoms with E-state index in [2.05, 4.69) is 10.7 Å².